The maximum atomic E-state index is 16.7. The number of piperidine rings is 2. The molecular formula is C83H130F2N16O26. The van der Waals surface area contributed by atoms with Crippen molar-refractivity contribution in [3.8, 4) is 11.5 Å². The van der Waals surface area contributed by atoms with E-state index in [4.69, 9.17) is 109 Å². The Morgan fingerprint density at radius 1 is 0.496 bits per heavy atom. The van der Waals surface area contributed by atoms with Crippen molar-refractivity contribution in [1.82, 2.24) is 19.4 Å². The van der Waals surface area contributed by atoms with E-state index in [9.17, 15) is 75.3 Å². The van der Waals surface area contributed by atoms with E-state index in [2.05, 4.69) is 10.2 Å². The molecule has 2 aromatic heterocycles. The van der Waals surface area contributed by atoms with Gasteiger partial charge in [0, 0.05) is 117 Å². The van der Waals surface area contributed by atoms with Crippen molar-refractivity contribution in [3.63, 3.8) is 0 Å². The topological polar surface area (TPSA) is 684 Å². The first-order valence-electron chi connectivity index (χ1n) is 44.1. The van der Waals surface area contributed by atoms with Gasteiger partial charge >= 0.3 is 11.9 Å². The number of carboxylic acids is 2. The number of ether oxygens (including phenoxy) is 11. The molecule has 0 bridgehead atoms. The van der Waals surface area contributed by atoms with Crippen molar-refractivity contribution in [3.05, 3.63) is 65.7 Å². The Labute approximate surface area is 731 Å². The molecule has 12 fully saturated rings. The molecule has 16 rings (SSSR count). The van der Waals surface area contributed by atoms with Crippen LogP contribution in [0.25, 0.3) is 21.8 Å². The van der Waals surface area contributed by atoms with Crippen LogP contribution in [-0.4, -0.2) is 352 Å². The molecule has 2 aromatic carbocycles. The van der Waals surface area contributed by atoms with Crippen LogP contribution in [0.15, 0.2) is 9.59 Å². The van der Waals surface area contributed by atoms with E-state index in [-0.39, 0.29) is 121 Å². The molecule has 32 N–H and O–H groups in total. The normalized spacial score (nSPS) is 38.3. The number of nitrogens with zero attached hydrogens (tertiary/aromatic N) is 5. The maximum absolute atomic E-state index is 16.7. The Bertz CT molecular complexity index is 4690. The summed E-state index contributed by atoms with van der Waals surface area (Å²) in [5.74, 6) is -2.67. The van der Waals surface area contributed by atoms with E-state index >= 15 is 8.78 Å². The minimum atomic E-state index is -1.52. The molecule has 127 heavy (non-hydrogen) atoms. The van der Waals surface area contributed by atoms with E-state index in [1.807, 2.05) is 18.9 Å². The van der Waals surface area contributed by atoms with Gasteiger partial charge in [0.2, 0.25) is 10.9 Å². The number of benzene rings is 2. The Balaban J connectivity index is 0.000000173. The molecule has 0 amide bonds. The lowest BCUT2D eigenvalue weighted by Crippen LogP contribution is -2.68. The van der Waals surface area contributed by atoms with Crippen molar-refractivity contribution in [1.29, 1.82) is 0 Å². The minimum absolute atomic E-state index is 0.00493. The number of halogens is 2. The van der Waals surface area contributed by atoms with Crippen LogP contribution in [0.5, 0.6) is 11.5 Å². The zero-order valence-corrected chi connectivity index (χ0v) is 72.2. The van der Waals surface area contributed by atoms with Gasteiger partial charge in [-0.15, -0.1) is 0 Å². The molecule has 4 saturated carbocycles. The number of pyridine rings is 2. The second-order valence-electron chi connectivity index (χ2n) is 36.4. The van der Waals surface area contributed by atoms with Gasteiger partial charge in [-0.2, -0.15) is 0 Å². The van der Waals surface area contributed by atoms with Crippen LogP contribution in [0, 0.1) is 51.2 Å². The van der Waals surface area contributed by atoms with Crippen LogP contribution in [0.3, 0.4) is 0 Å². The maximum Gasteiger partial charge on any atom is 0.341 e. The lowest BCUT2D eigenvalue weighted by Gasteiger charge is -2.48. The first kappa shape index (κ1) is 96.7. The lowest BCUT2D eigenvalue weighted by atomic mass is 9.84. The number of carbonyl (C=O) groups is 2. The summed E-state index contributed by atoms with van der Waals surface area (Å²) in [4.78, 5) is 57.2. The van der Waals surface area contributed by atoms with Gasteiger partial charge in [-0.3, -0.25) is 14.5 Å². The van der Waals surface area contributed by atoms with Crippen molar-refractivity contribution >= 4 is 45.1 Å². The monoisotopic (exact) mass is 1800 g/mol. The summed E-state index contributed by atoms with van der Waals surface area (Å²) in [6.45, 7) is 9.82. The number of hydrogen-bond donors (Lipinski definition) is 22. The number of anilines is 2. The highest BCUT2D eigenvalue weighted by atomic mass is 19.1. The third kappa shape index (κ3) is 18.8. The van der Waals surface area contributed by atoms with Gasteiger partial charge in [-0.25, -0.2) is 18.4 Å². The highest BCUT2D eigenvalue weighted by Gasteiger charge is 2.55. The summed E-state index contributed by atoms with van der Waals surface area (Å²) in [6, 6.07) is -6.50. The quantitative estimate of drug-likeness (QED) is 0.0329. The Morgan fingerprint density at radius 2 is 0.898 bits per heavy atom. The highest BCUT2D eigenvalue weighted by molar-refractivity contribution is 6.01. The summed E-state index contributed by atoms with van der Waals surface area (Å²) in [7, 11) is 2.93. The van der Waals surface area contributed by atoms with E-state index in [1.165, 1.54) is 21.1 Å². The second-order valence-corrected chi connectivity index (χ2v) is 36.4. The van der Waals surface area contributed by atoms with Crippen LogP contribution < -0.4 is 92.8 Å². The largest absolute Gasteiger partial charge is 0.492 e. The second kappa shape index (κ2) is 39.8. The first-order chi connectivity index (χ1) is 60.4. The van der Waals surface area contributed by atoms with Gasteiger partial charge in [0.15, 0.2) is 48.3 Å². The van der Waals surface area contributed by atoms with Crippen molar-refractivity contribution in [2.45, 2.75) is 300 Å². The molecule has 712 valence electrons. The Morgan fingerprint density at radius 3 is 1.31 bits per heavy atom. The number of rotatable bonds is 23. The summed E-state index contributed by atoms with van der Waals surface area (Å²) in [5.41, 5.74) is 61.3. The van der Waals surface area contributed by atoms with Crippen molar-refractivity contribution in [2.75, 3.05) is 96.3 Å². The van der Waals surface area contributed by atoms with Crippen LogP contribution in [0.1, 0.15) is 132 Å². The number of nitrogens with two attached hydrogens (primary N) is 10. The Hall–Kier alpha value is -6.34. The molecule has 4 aromatic rings. The molecule has 4 aliphatic carbocycles. The standard InChI is InChI=1S/C42H65FN8O13.C23H28FN3O4.C18H37N5O9/c1-16-27-31(51(19-6-7-19)17(2)28(34(27)54)40(57)58)39(59-3)32(29(16)43)50-12-18-5-4-8-49(23(18)13-50)15-60-14-26-33(53)30(48)35(55)42(62-26)64-38-21(46)9-20(45)37(36(38)56)63-41-22(47)10-24(52)25(11-44)61-41;1-11-16-19(27(14-6-7-14)12(2)17(21(16)28)23(29)30)22(31-3)20(18(11)24)26-9-13-5-4-8-25-15(13)10-26;19-3-9-8(25)2-7(22)17(29-9)31-15-5(20)1-6(21)16(14(15)28)32-18-13(27)11(23)12(26)10(4-24)30-18/h18-26,30,33,35-38,41-42,52-53,55-56H,4-15,44-48H2,1-3H3,(H,57,58);13-15,25H,4-10H2,1-3H3,(H,29,30);5-18,24-28H,1-4,19-23H2/t18?,20-,21+,22+,23?,24-,25+,26+,30-,33+,35+,36-,37+,38-,41+,42+;;5-,6+,7+,8-,9+,10+,11-,12+,13+,14-,15+,16-,17+,18+/m0.0/s1. The van der Waals surface area contributed by atoms with Crippen molar-refractivity contribution < 1.29 is 127 Å². The number of fused-ring (bicyclic) bond motifs is 4. The predicted molar refractivity (Wildman–Crippen MR) is 451 cm³/mol. The number of likely N-dealkylation sites (tertiary alicyclic amines) is 1. The molecule has 42 nitrogen and oxygen atoms in total. The van der Waals surface area contributed by atoms with E-state index in [1.54, 1.807) is 20.8 Å². The first-order valence-corrected chi connectivity index (χ1v) is 44.1. The predicted octanol–water partition coefficient (Wildman–Crippen LogP) is -5.91. The molecule has 0 radical (unpaired) electrons. The van der Waals surface area contributed by atoms with Gasteiger partial charge in [-0.05, 0) is 123 Å². The number of aromatic carboxylic acids is 2. The third-order valence-electron chi connectivity index (χ3n) is 28.0. The number of aliphatic hydroxyl groups excluding tert-OH is 9. The molecule has 32 atom stereocenters. The molecule has 8 saturated heterocycles. The van der Waals surface area contributed by atoms with Crippen LogP contribution in [0.4, 0.5) is 20.2 Å². The number of methoxy groups -OCH3 is 2. The number of nitrogens with one attached hydrogen (secondary N) is 1. The molecule has 44 heteroatoms. The van der Waals surface area contributed by atoms with Gasteiger partial charge in [0.25, 0.3) is 0 Å². The third-order valence-corrected chi connectivity index (χ3v) is 28.0. The highest BCUT2D eigenvalue weighted by Crippen LogP contribution is 2.51. The van der Waals surface area contributed by atoms with E-state index < -0.39 is 212 Å². The number of aromatic nitrogens is 2. The molecule has 12 aliphatic rings. The van der Waals surface area contributed by atoms with Gasteiger partial charge in [0.1, 0.15) is 95.7 Å². The minimum Gasteiger partial charge on any atom is -0.492 e. The average molecular weight is 1810 g/mol. The van der Waals surface area contributed by atoms with Gasteiger partial charge in [-0.1, -0.05) is 0 Å². The van der Waals surface area contributed by atoms with E-state index in [0.29, 0.717) is 72.0 Å². The fourth-order valence-corrected chi connectivity index (χ4v) is 20.8. The molecular weight excluding hydrogens is 1670 g/mol. The number of carboxylic acid groups (broad SMARTS) is 2. The van der Waals surface area contributed by atoms with Crippen LogP contribution >= 0.6 is 0 Å². The SMILES string of the molecule is COc1c(N2CC3CCCN(COC[C@H]4O[C@H](O[C@@H]5[C@@H](O)[C@H](O[C@H]6O[C@H](CN)[C@@H](O)C[C@H]6N)[C@@H](N)C[C@H]5N)[C@H](O)[C@@H](N)[C@@H]4O)C3C2)c(F)c(C)c2c(=O)c(C(=O)O)c(C)n(C3CC3)c12.COc1c(N2CC3CCCNC3C2)c(F)c(C)c2c(=O)c(C(=O)O)c(C)n(C3CC3)c12.NC[C@H]1O[C@H](O[C@H]2[C@H](O)[C@@H](O[C@H]3O[C@H](CO)[C@@H](O)[C@H](N)[C@H]3O)[C@H](N)C[C@@H]2N)[C@H](N)C[C@@H]1O. The zero-order chi connectivity index (χ0) is 91.8. The molecule has 4 unspecified atom stereocenters. The van der Waals surface area contributed by atoms with Gasteiger partial charge < -0.3 is 190 Å². The molecule has 10 heterocycles. The fraction of sp³-hybridized carbons (Fsp3) is 0.759. The number of aryl methyl sites for hydroxylation is 2. The number of aliphatic hydroxyl groups is 9. The summed E-state index contributed by atoms with van der Waals surface area (Å²) < 4.78 is 101. The fourth-order valence-electron chi connectivity index (χ4n) is 20.8. The molecule has 0 spiro atoms. The summed E-state index contributed by atoms with van der Waals surface area (Å²) in [6.07, 6.45) is -14.9. The Kier molecular flexibility index (Phi) is 30.3. The average Bonchev–Trinajstić information content (AvgIpc) is 1.64. The summed E-state index contributed by atoms with van der Waals surface area (Å²) in [5, 5.41) is 118. The van der Waals surface area contributed by atoms with Crippen LogP contribution in [-0.2, 0) is 42.6 Å². The lowest BCUT2D eigenvalue weighted by molar-refractivity contribution is -0.316. The number of hydrogen-bond acceptors (Lipinski definition) is 38. The van der Waals surface area contributed by atoms with Crippen molar-refractivity contribution in [2.24, 2.45) is 69.2 Å². The molecule has 8 aliphatic heterocycles. The zero-order valence-electron chi connectivity index (χ0n) is 72.2. The van der Waals surface area contributed by atoms with Gasteiger partial charge in [0.05, 0.1) is 105 Å². The summed E-state index contributed by atoms with van der Waals surface area (Å²) >= 11 is 0. The smallest absolute Gasteiger partial charge is 0.341 e. The van der Waals surface area contributed by atoms with Crippen LogP contribution in [0.2, 0.25) is 0 Å². The van der Waals surface area contributed by atoms with E-state index in [0.717, 1.165) is 64.5 Å².